The van der Waals surface area contributed by atoms with Crippen LogP contribution in [-0.2, 0) is 4.79 Å². The number of amides is 2. The number of hydrogen-bond acceptors (Lipinski definition) is 5. The number of nitrogens with zero attached hydrogens (tertiary/aromatic N) is 3. The molecule has 7 nitrogen and oxygen atoms in total. The Morgan fingerprint density at radius 2 is 2.04 bits per heavy atom. The Morgan fingerprint density at radius 1 is 1.33 bits per heavy atom. The van der Waals surface area contributed by atoms with Crippen LogP contribution in [0.3, 0.4) is 0 Å². The number of aromatic nitrogens is 2. The minimum absolute atomic E-state index is 0.0253. The van der Waals surface area contributed by atoms with E-state index in [-0.39, 0.29) is 18.0 Å². The molecule has 0 radical (unpaired) electrons. The lowest BCUT2D eigenvalue weighted by molar-refractivity contribution is -0.117. The Bertz CT molecular complexity index is 856. The van der Waals surface area contributed by atoms with Crippen molar-refractivity contribution in [3.8, 4) is 0 Å². The van der Waals surface area contributed by atoms with E-state index in [1.54, 1.807) is 25.1 Å². The number of nitrogens with one attached hydrogen (secondary N) is 1. The van der Waals surface area contributed by atoms with Gasteiger partial charge in [0, 0.05) is 24.2 Å². The average molecular weight is 388 g/mol. The number of benzene rings is 1. The Kier molecular flexibility index (Phi) is 5.60. The summed E-state index contributed by atoms with van der Waals surface area (Å²) in [6.45, 7) is 3.65. The van der Waals surface area contributed by atoms with Gasteiger partial charge in [0.1, 0.15) is 0 Å². The molecule has 0 fully saturated rings. The first kappa shape index (κ1) is 19.1. The van der Waals surface area contributed by atoms with E-state index in [0.717, 1.165) is 24.1 Å². The van der Waals surface area contributed by atoms with Crippen LogP contribution in [0.5, 0.6) is 0 Å². The molecule has 1 aliphatic heterocycles. The Hall–Kier alpha value is -2.67. The molecular formula is C19H22ClN5O2. The summed E-state index contributed by atoms with van der Waals surface area (Å²) in [6, 6.07) is 5.07. The van der Waals surface area contributed by atoms with Gasteiger partial charge in [0.05, 0.1) is 23.5 Å². The number of fused-ring (bicyclic) bond motifs is 1. The van der Waals surface area contributed by atoms with E-state index in [9.17, 15) is 9.59 Å². The lowest BCUT2D eigenvalue weighted by Crippen LogP contribution is -2.45. The Balaban J connectivity index is 2.05. The van der Waals surface area contributed by atoms with Crippen molar-refractivity contribution < 1.29 is 9.59 Å². The summed E-state index contributed by atoms with van der Waals surface area (Å²) in [5.74, 6) is -0.0987. The highest BCUT2D eigenvalue weighted by atomic mass is 35.5. The van der Waals surface area contributed by atoms with Gasteiger partial charge in [-0.1, -0.05) is 24.9 Å². The van der Waals surface area contributed by atoms with Gasteiger partial charge < -0.3 is 16.0 Å². The van der Waals surface area contributed by atoms with Gasteiger partial charge >= 0.3 is 0 Å². The number of carbonyl (C=O) groups excluding carboxylic acids is 2. The maximum Gasteiger partial charge on any atom is 0.248 e. The molecule has 142 valence electrons. The van der Waals surface area contributed by atoms with E-state index in [2.05, 4.69) is 22.2 Å². The molecule has 0 unspecified atom stereocenters. The molecule has 0 aliphatic carbocycles. The quantitative estimate of drug-likeness (QED) is 0.819. The maximum absolute atomic E-state index is 12.3. The highest BCUT2D eigenvalue weighted by Crippen LogP contribution is 2.40. The summed E-state index contributed by atoms with van der Waals surface area (Å²) in [4.78, 5) is 34.2. The van der Waals surface area contributed by atoms with Crippen LogP contribution in [0.1, 0.15) is 55.1 Å². The average Bonchev–Trinajstić information content (AvgIpc) is 2.63. The van der Waals surface area contributed by atoms with Gasteiger partial charge in [0.2, 0.25) is 17.8 Å². The molecule has 3 rings (SSSR count). The highest BCUT2D eigenvalue weighted by molar-refractivity contribution is 6.30. The van der Waals surface area contributed by atoms with Crippen molar-refractivity contribution in [3.63, 3.8) is 0 Å². The van der Waals surface area contributed by atoms with E-state index in [1.165, 1.54) is 12.4 Å². The third-order valence-electron chi connectivity index (χ3n) is 4.70. The van der Waals surface area contributed by atoms with E-state index < -0.39 is 5.91 Å². The Morgan fingerprint density at radius 3 is 2.63 bits per heavy atom. The van der Waals surface area contributed by atoms with Crippen molar-refractivity contribution >= 4 is 35.1 Å². The first-order valence-corrected chi connectivity index (χ1v) is 9.26. The molecule has 0 saturated heterocycles. The molecule has 0 spiro atoms. The number of primary amides is 1. The van der Waals surface area contributed by atoms with E-state index in [0.29, 0.717) is 23.0 Å². The monoisotopic (exact) mass is 387 g/mol. The van der Waals surface area contributed by atoms with Crippen molar-refractivity contribution in [1.82, 2.24) is 9.97 Å². The number of hydrogen-bond donors (Lipinski definition) is 2. The summed E-state index contributed by atoms with van der Waals surface area (Å²) < 4.78 is 0. The second-order valence-electron chi connectivity index (χ2n) is 6.63. The number of nitrogens with two attached hydrogens (primary N) is 1. The largest absolute Gasteiger partial charge is 0.366 e. The molecule has 27 heavy (non-hydrogen) atoms. The predicted octanol–water partition coefficient (Wildman–Crippen LogP) is 3.31. The molecule has 2 amide bonds. The van der Waals surface area contributed by atoms with Crippen LogP contribution in [0.25, 0.3) is 0 Å². The minimum Gasteiger partial charge on any atom is -0.366 e. The van der Waals surface area contributed by atoms with Gasteiger partial charge in [-0.25, -0.2) is 9.97 Å². The third kappa shape index (κ3) is 4.03. The Labute approximate surface area is 162 Å². The number of halogens is 1. The summed E-state index contributed by atoms with van der Waals surface area (Å²) in [6.07, 6.45) is 5.54. The maximum atomic E-state index is 12.3. The van der Waals surface area contributed by atoms with Crippen LogP contribution < -0.4 is 16.0 Å². The number of carbonyl (C=O) groups is 2. The van der Waals surface area contributed by atoms with Gasteiger partial charge in [0.15, 0.2) is 0 Å². The van der Waals surface area contributed by atoms with Crippen LogP contribution in [0, 0.1) is 0 Å². The zero-order valence-electron chi connectivity index (χ0n) is 15.3. The van der Waals surface area contributed by atoms with Crippen LogP contribution in [-0.4, -0.2) is 27.8 Å². The fourth-order valence-corrected chi connectivity index (χ4v) is 3.69. The van der Waals surface area contributed by atoms with Crippen LogP contribution >= 0.6 is 11.6 Å². The SMILES string of the molecule is CCC[C@H]1C[C@@H](Nc2ncc(Cl)cn2)c2cc(C(N)=O)ccc2N1C(C)=O. The molecule has 8 heteroatoms. The second kappa shape index (κ2) is 7.92. The zero-order valence-corrected chi connectivity index (χ0v) is 16.0. The molecule has 3 N–H and O–H groups in total. The van der Waals surface area contributed by atoms with Gasteiger partial charge in [0.25, 0.3) is 0 Å². The summed E-state index contributed by atoms with van der Waals surface area (Å²) >= 11 is 5.86. The van der Waals surface area contributed by atoms with E-state index >= 15 is 0 Å². The van der Waals surface area contributed by atoms with Crippen molar-refractivity contribution in [2.45, 2.75) is 45.2 Å². The summed E-state index contributed by atoms with van der Waals surface area (Å²) in [5.41, 5.74) is 7.46. The van der Waals surface area contributed by atoms with Gasteiger partial charge in [-0.05, 0) is 36.6 Å². The van der Waals surface area contributed by atoms with Crippen LogP contribution in [0.4, 0.5) is 11.6 Å². The first-order chi connectivity index (χ1) is 12.9. The number of anilines is 2. The molecule has 1 aliphatic rings. The van der Waals surface area contributed by atoms with Gasteiger partial charge in [-0.3, -0.25) is 9.59 Å². The first-order valence-electron chi connectivity index (χ1n) is 8.88. The standard InChI is InChI=1S/C19H22ClN5O2/c1-3-4-14-8-16(24-19-22-9-13(20)10-23-19)15-7-12(18(21)27)5-6-17(15)25(14)11(2)26/h5-7,9-10,14,16H,3-4,8H2,1-2H3,(H2,21,27)(H,22,23,24)/t14-,16+/m0/s1. The van der Waals surface area contributed by atoms with E-state index in [1.807, 2.05) is 4.90 Å². The summed E-state index contributed by atoms with van der Waals surface area (Å²) in [7, 11) is 0. The molecular weight excluding hydrogens is 366 g/mol. The molecule has 2 aromatic rings. The molecule has 1 aromatic heterocycles. The molecule has 0 saturated carbocycles. The van der Waals surface area contributed by atoms with Crippen molar-refractivity contribution in [3.05, 3.63) is 46.7 Å². The van der Waals surface area contributed by atoms with Gasteiger partial charge in [-0.2, -0.15) is 0 Å². The van der Waals surface area contributed by atoms with Crippen molar-refractivity contribution in [2.24, 2.45) is 5.73 Å². The van der Waals surface area contributed by atoms with Crippen LogP contribution in [0.15, 0.2) is 30.6 Å². The van der Waals surface area contributed by atoms with Crippen molar-refractivity contribution in [2.75, 3.05) is 10.2 Å². The summed E-state index contributed by atoms with van der Waals surface area (Å²) in [5, 5.41) is 3.76. The second-order valence-corrected chi connectivity index (χ2v) is 7.06. The van der Waals surface area contributed by atoms with E-state index in [4.69, 9.17) is 17.3 Å². The predicted molar refractivity (Wildman–Crippen MR) is 105 cm³/mol. The number of rotatable bonds is 5. The molecule has 0 bridgehead atoms. The topological polar surface area (TPSA) is 101 Å². The fraction of sp³-hybridized carbons (Fsp3) is 0.368. The molecule has 1 aromatic carbocycles. The molecule has 2 heterocycles. The third-order valence-corrected chi connectivity index (χ3v) is 4.90. The fourth-order valence-electron chi connectivity index (χ4n) is 3.59. The lowest BCUT2D eigenvalue weighted by Gasteiger charge is -2.41. The minimum atomic E-state index is -0.510. The van der Waals surface area contributed by atoms with Crippen LogP contribution in [0.2, 0.25) is 5.02 Å². The zero-order chi connectivity index (χ0) is 19.6. The van der Waals surface area contributed by atoms with Gasteiger partial charge in [-0.15, -0.1) is 0 Å². The lowest BCUT2D eigenvalue weighted by atomic mass is 9.87. The normalized spacial score (nSPS) is 18.7. The van der Waals surface area contributed by atoms with Crippen molar-refractivity contribution in [1.29, 1.82) is 0 Å². The smallest absolute Gasteiger partial charge is 0.248 e. The highest BCUT2D eigenvalue weighted by Gasteiger charge is 2.35. The molecule has 2 atom stereocenters.